The molecule has 2 aromatic rings. The highest BCUT2D eigenvalue weighted by molar-refractivity contribution is 7.12. The lowest BCUT2D eigenvalue weighted by Gasteiger charge is -2.14. The lowest BCUT2D eigenvalue weighted by atomic mass is 10.2. The summed E-state index contributed by atoms with van der Waals surface area (Å²) < 4.78 is 0. The predicted molar refractivity (Wildman–Crippen MR) is 86.3 cm³/mol. The quantitative estimate of drug-likeness (QED) is 0.760. The molecule has 0 fully saturated rings. The maximum atomic E-state index is 5.75. The van der Waals surface area contributed by atoms with Crippen LogP contribution < -0.4 is 16.4 Å². The highest BCUT2D eigenvalue weighted by Crippen LogP contribution is 2.25. The lowest BCUT2D eigenvalue weighted by molar-refractivity contribution is 0.893. The Morgan fingerprint density at radius 3 is 2.70 bits per heavy atom. The van der Waals surface area contributed by atoms with Crippen molar-refractivity contribution in [1.29, 1.82) is 0 Å². The molecule has 0 aliphatic heterocycles. The molecule has 5 nitrogen and oxygen atoms in total. The topological polar surface area (TPSA) is 75.9 Å². The van der Waals surface area contributed by atoms with Crippen molar-refractivity contribution in [3.8, 4) is 0 Å². The predicted octanol–water partition coefficient (Wildman–Crippen LogP) is 3.42. The molecule has 0 bridgehead atoms. The number of hydrogen-bond donors (Lipinski definition) is 3. The molecular weight excluding hydrogens is 270 g/mol. The number of nitrogens with zero attached hydrogens (tertiary/aromatic N) is 2. The monoisotopic (exact) mass is 291 g/mol. The van der Waals surface area contributed by atoms with Crippen molar-refractivity contribution >= 4 is 28.9 Å². The molecule has 0 saturated heterocycles. The third-order valence-corrected chi connectivity index (χ3v) is 4.04. The van der Waals surface area contributed by atoms with E-state index in [2.05, 4.69) is 53.5 Å². The summed E-state index contributed by atoms with van der Waals surface area (Å²) >= 11 is 1.78. The maximum absolute atomic E-state index is 5.75. The molecule has 1 unspecified atom stereocenters. The van der Waals surface area contributed by atoms with Gasteiger partial charge in [0.15, 0.2) is 0 Å². The van der Waals surface area contributed by atoms with E-state index >= 15 is 0 Å². The van der Waals surface area contributed by atoms with Crippen LogP contribution in [0.4, 0.5) is 17.6 Å². The molecule has 20 heavy (non-hydrogen) atoms. The highest BCUT2D eigenvalue weighted by Gasteiger charge is 2.09. The minimum Gasteiger partial charge on any atom is -0.370 e. The van der Waals surface area contributed by atoms with Gasteiger partial charge in [0, 0.05) is 22.4 Å². The third-order valence-electron chi connectivity index (χ3n) is 2.85. The fourth-order valence-corrected chi connectivity index (χ4v) is 2.74. The summed E-state index contributed by atoms with van der Waals surface area (Å²) in [5.74, 6) is 1.79. The second-order valence-electron chi connectivity index (χ2n) is 4.74. The van der Waals surface area contributed by atoms with Gasteiger partial charge in [0.25, 0.3) is 0 Å². The Bertz CT molecular complexity index is 566. The van der Waals surface area contributed by atoms with Crippen LogP contribution in [0.2, 0.25) is 0 Å². The van der Waals surface area contributed by atoms with Crippen LogP contribution in [-0.4, -0.2) is 16.5 Å². The standard InChI is InChI=1S/C14H21N5S/c1-4-7-16-12-8-13(19-14(15)18-12)17-10(3)11-6-5-9(2)20-11/h5-6,8,10H,4,7H2,1-3H3,(H4,15,16,17,18,19). The van der Waals surface area contributed by atoms with Crippen molar-refractivity contribution < 1.29 is 0 Å². The molecule has 0 aliphatic carbocycles. The molecular formula is C14H21N5S. The molecule has 0 aliphatic rings. The molecule has 6 heteroatoms. The first-order valence-corrected chi connectivity index (χ1v) is 7.61. The minimum absolute atomic E-state index is 0.196. The summed E-state index contributed by atoms with van der Waals surface area (Å²) in [4.78, 5) is 11.0. The van der Waals surface area contributed by atoms with E-state index < -0.39 is 0 Å². The van der Waals surface area contributed by atoms with Crippen molar-refractivity contribution in [3.05, 3.63) is 28.0 Å². The van der Waals surface area contributed by atoms with E-state index in [-0.39, 0.29) is 12.0 Å². The Hall–Kier alpha value is -1.82. The van der Waals surface area contributed by atoms with Gasteiger partial charge < -0.3 is 16.4 Å². The van der Waals surface area contributed by atoms with E-state index in [0.717, 1.165) is 24.6 Å². The van der Waals surface area contributed by atoms with Crippen LogP contribution in [0.15, 0.2) is 18.2 Å². The Kier molecular flexibility index (Phi) is 4.79. The van der Waals surface area contributed by atoms with E-state index in [4.69, 9.17) is 5.73 Å². The number of anilines is 3. The molecule has 1 atom stereocenters. The molecule has 0 saturated carbocycles. The normalized spacial score (nSPS) is 12.2. The molecule has 2 rings (SSSR count). The first-order valence-electron chi connectivity index (χ1n) is 6.79. The number of thiophene rings is 1. The number of aromatic nitrogens is 2. The van der Waals surface area contributed by atoms with E-state index in [9.17, 15) is 0 Å². The fraction of sp³-hybridized carbons (Fsp3) is 0.429. The van der Waals surface area contributed by atoms with Crippen molar-refractivity contribution in [3.63, 3.8) is 0 Å². The van der Waals surface area contributed by atoms with Gasteiger partial charge in [-0.1, -0.05) is 6.92 Å². The smallest absolute Gasteiger partial charge is 0.223 e. The summed E-state index contributed by atoms with van der Waals surface area (Å²) in [6, 6.07) is 6.35. The van der Waals surface area contributed by atoms with Gasteiger partial charge in [-0.3, -0.25) is 0 Å². The van der Waals surface area contributed by atoms with Crippen molar-refractivity contribution in [2.75, 3.05) is 22.9 Å². The second-order valence-corrected chi connectivity index (χ2v) is 6.06. The number of aryl methyl sites for hydroxylation is 1. The number of nitrogens with one attached hydrogen (secondary N) is 2. The second kappa shape index (κ2) is 6.56. The van der Waals surface area contributed by atoms with Gasteiger partial charge in [-0.05, 0) is 32.4 Å². The molecule has 0 amide bonds. The summed E-state index contributed by atoms with van der Waals surface area (Å²) in [6.45, 7) is 7.20. The van der Waals surface area contributed by atoms with Crippen molar-refractivity contribution in [2.45, 2.75) is 33.2 Å². The van der Waals surface area contributed by atoms with Crippen LogP contribution >= 0.6 is 11.3 Å². The van der Waals surface area contributed by atoms with E-state index in [1.54, 1.807) is 11.3 Å². The summed E-state index contributed by atoms with van der Waals surface area (Å²) in [5, 5.41) is 6.59. The number of rotatable bonds is 6. The highest BCUT2D eigenvalue weighted by atomic mass is 32.1. The maximum Gasteiger partial charge on any atom is 0.223 e. The average Bonchev–Trinajstić information content (AvgIpc) is 2.82. The molecule has 2 heterocycles. The van der Waals surface area contributed by atoms with Crippen molar-refractivity contribution in [2.24, 2.45) is 0 Å². The zero-order valence-corrected chi connectivity index (χ0v) is 12.9. The first-order chi connectivity index (χ1) is 9.58. The van der Waals surface area contributed by atoms with Crippen LogP contribution in [0, 0.1) is 6.92 Å². The Balaban J connectivity index is 2.10. The van der Waals surface area contributed by atoms with Gasteiger partial charge >= 0.3 is 0 Å². The van der Waals surface area contributed by atoms with Crippen LogP contribution in [-0.2, 0) is 0 Å². The van der Waals surface area contributed by atoms with Gasteiger partial charge in [0.05, 0.1) is 6.04 Å². The van der Waals surface area contributed by atoms with Crippen LogP contribution in [0.1, 0.15) is 36.1 Å². The SMILES string of the molecule is CCCNc1cc(NC(C)c2ccc(C)s2)nc(N)n1. The zero-order valence-electron chi connectivity index (χ0n) is 12.1. The van der Waals surface area contributed by atoms with Crippen molar-refractivity contribution in [1.82, 2.24) is 9.97 Å². The van der Waals surface area contributed by atoms with Gasteiger partial charge in [-0.2, -0.15) is 9.97 Å². The number of nitrogen functional groups attached to an aromatic ring is 1. The van der Waals surface area contributed by atoms with Gasteiger partial charge in [0.2, 0.25) is 5.95 Å². The molecule has 0 radical (unpaired) electrons. The molecule has 0 aromatic carbocycles. The largest absolute Gasteiger partial charge is 0.370 e. The van der Waals surface area contributed by atoms with Gasteiger partial charge in [-0.15, -0.1) is 11.3 Å². The van der Waals surface area contributed by atoms with Gasteiger partial charge in [0.1, 0.15) is 11.6 Å². The Labute approximate surface area is 123 Å². The third kappa shape index (κ3) is 3.84. The van der Waals surface area contributed by atoms with Crippen LogP contribution in [0.5, 0.6) is 0 Å². The molecule has 2 aromatic heterocycles. The van der Waals surface area contributed by atoms with E-state index in [1.807, 2.05) is 6.07 Å². The molecule has 0 spiro atoms. The summed E-state index contributed by atoms with van der Waals surface area (Å²) in [7, 11) is 0. The lowest BCUT2D eigenvalue weighted by Crippen LogP contribution is -2.10. The van der Waals surface area contributed by atoms with E-state index in [0.29, 0.717) is 0 Å². The number of hydrogen-bond acceptors (Lipinski definition) is 6. The first kappa shape index (κ1) is 14.6. The van der Waals surface area contributed by atoms with E-state index in [1.165, 1.54) is 9.75 Å². The van der Waals surface area contributed by atoms with Crippen LogP contribution in [0.3, 0.4) is 0 Å². The van der Waals surface area contributed by atoms with Crippen LogP contribution in [0.25, 0.3) is 0 Å². The molecule has 4 N–H and O–H groups in total. The zero-order chi connectivity index (χ0) is 14.5. The number of nitrogens with two attached hydrogens (primary N) is 1. The average molecular weight is 291 g/mol. The minimum atomic E-state index is 0.196. The summed E-state index contributed by atoms with van der Waals surface area (Å²) in [6.07, 6.45) is 1.04. The fourth-order valence-electron chi connectivity index (χ4n) is 1.86. The Morgan fingerprint density at radius 2 is 2.05 bits per heavy atom. The van der Waals surface area contributed by atoms with Gasteiger partial charge in [-0.25, -0.2) is 0 Å². The summed E-state index contributed by atoms with van der Waals surface area (Å²) in [5.41, 5.74) is 5.75. The molecule has 108 valence electrons. The Morgan fingerprint density at radius 1 is 1.30 bits per heavy atom.